The molecule has 0 bridgehead atoms. The van der Waals surface area contributed by atoms with Crippen molar-refractivity contribution in [1.29, 1.82) is 0 Å². The predicted molar refractivity (Wildman–Crippen MR) is 114 cm³/mol. The third kappa shape index (κ3) is 5.25. The summed E-state index contributed by atoms with van der Waals surface area (Å²) in [5.74, 6) is -1.02. The number of benzene rings is 2. The quantitative estimate of drug-likeness (QED) is 0.645. The van der Waals surface area contributed by atoms with Crippen molar-refractivity contribution < 1.29 is 9.18 Å². The lowest BCUT2D eigenvalue weighted by molar-refractivity contribution is -0.120. The maximum atomic E-state index is 13.9. The van der Waals surface area contributed by atoms with Crippen molar-refractivity contribution in [1.82, 2.24) is 5.32 Å². The fourth-order valence-corrected chi connectivity index (χ4v) is 4.36. The first kappa shape index (κ1) is 21.1. The van der Waals surface area contributed by atoms with Gasteiger partial charge in [0.25, 0.3) is 0 Å². The SMILES string of the molecule is CC(C)(C)CC1NCC(c2cc(F)cc(Cl)c2)C1C(=O)Nc1cccc(Cl)c1. The molecule has 2 N–H and O–H groups in total. The highest BCUT2D eigenvalue weighted by molar-refractivity contribution is 6.31. The average molecular weight is 423 g/mol. The lowest BCUT2D eigenvalue weighted by atomic mass is 9.78. The van der Waals surface area contributed by atoms with Crippen LogP contribution < -0.4 is 10.6 Å². The second-order valence-electron chi connectivity index (χ2n) is 8.61. The summed E-state index contributed by atoms with van der Waals surface area (Å²) >= 11 is 12.1. The maximum Gasteiger partial charge on any atom is 0.229 e. The zero-order valence-corrected chi connectivity index (χ0v) is 17.7. The first-order chi connectivity index (χ1) is 13.1. The second-order valence-corrected chi connectivity index (χ2v) is 9.49. The van der Waals surface area contributed by atoms with E-state index in [1.165, 1.54) is 12.1 Å². The molecule has 2 aromatic carbocycles. The van der Waals surface area contributed by atoms with E-state index in [4.69, 9.17) is 23.2 Å². The first-order valence-corrected chi connectivity index (χ1v) is 10.1. The van der Waals surface area contributed by atoms with Crippen molar-refractivity contribution in [3.05, 3.63) is 63.9 Å². The number of carbonyl (C=O) groups excluding carboxylic acids is 1. The molecule has 1 saturated heterocycles. The molecule has 6 heteroatoms. The first-order valence-electron chi connectivity index (χ1n) is 9.38. The van der Waals surface area contributed by atoms with E-state index in [0.717, 1.165) is 12.0 Å². The molecule has 0 saturated carbocycles. The van der Waals surface area contributed by atoms with Crippen LogP contribution in [0.25, 0.3) is 0 Å². The summed E-state index contributed by atoms with van der Waals surface area (Å²) in [4.78, 5) is 13.3. The van der Waals surface area contributed by atoms with Crippen molar-refractivity contribution in [2.45, 2.75) is 39.2 Å². The van der Waals surface area contributed by atoms with Gasteiger partial charge in [0.15, 0.2) is 0 Å². The molecule has 2 aromatic rings. The standard InChI is InChI=1S/C22H25Cl2FN2O/c1-22(2,3)11-19-20(21(28)27-17-6-4-5-14(23)10-17)18(12-26-19)13-7-15(24)9-16(25)8-13/h4-10,18-20,26H,11-12H2,1-3H3,(H,27,28). The Morgan fingerprint density at radius 3 is 2.57 bits per heavy atom. The minimum Gasteiger partial charge on any atom is -0.326 e. The number of nitrogens with one attached hydrogen (secondary N) is 2. The molecule has 3 atom stereocenters. The van der Waals surface area contributed by atoms with Gasteiger partial charge < -0.3 is 10.6 Å². The van der Waals surface area contributed by atoms with Crippen molar-refractivity contribution in [3.8, 4) is 0 Å². The molecule has 1 fully saturated rings. The molecule has 28 heavy (non-hydrogen) atoms. The van der Waals surface area contributed by atoms with Crippen LogP contribution in [0.4, 0.5) is 10.1 Å². The van der Waals surface area contributed by atoms with Gasteiger partial charge in [-0.25, -0.2) is 4.39 Å². The summed E-state index contributed by atoms with van der Waals surface area (Å²) in [5, 5.41) is 7.35. The molecule has 0 radical (unpaired) electrons. The number of halogens is 3. The fourth-order valence-electron chi connectivity index (χ4n) is 3.94. The largest absolute Gasteiger partial charge is 0.326 e. The summed E-state index contributed by atoms with van der Waals surface area (Å²) in [6.45, 7) is 7.03. The Hall–Kier alpha value is -1.62. The predicted octanol–water partition coefficient (Wildman–Crippen LogP) is 5.88. The third-order valence-corrected chi connectivity index (χ3v) is 5.46. The van der Waals surface area contributed by atoms with Crippen LogP contribution in [-0.4, -0.2) is 18.5 Å². The molecular formula is C22H25Cl2FN2O. The van der Waals surface area contributed by atoms with Gasteiger partial charge in [0.2, 0.25) is 5.91 Å². The van der Waals surface area contributed by atoms with E-state index in [1.807, 2.05) is 0 Å². The zero-order valence-electron chi connectivity index (χ0n) is 16.2. The number of rotatable bonds is 4. The van der Waals surface area contributed by atoms with Crippen LogP contribution >= 0.6 is 23.2 Å². The summed E-state index contributed by atoms with van der Waals surface area (Å²) in [7, 11) is 0. The molecule has 150 valence electrons. The molecule has 0 spiro atoms. The Labute approximate surface area is 175 Å². The van der Waals surface area contributed by atoms with E-state index < -0.39 is 5.82 Å². The monoisotopic (exact) mass is 422 g/mol. The average Bonchev–Trinajstić information content (AvgIpc) is 2.95. The van der Waals surface area contributed by atoms with Gasteiger partial charge in [-0.3, -0.25) is 4.79 Å². The molecule has 1 amide bonds. The van der Waals surface area contributed by atoms with Gasteiger partial charge >= 0.3 is 0 Å². The lowest BCUT2D eigenvalue weighted by Crippen LogP contribution is -2.38. The smallest absolute Gasteiger partial charge is 0.229 e. The van der Waals surface area contributed by atoms with E-state index in [9.17, 15) is 9.18 Å². The van der Waals surface area contributed by atoms with E-state index in [1.54, 1.807) is 30.3 Å². The lowest BCUT2D eigenvalue weighted by Gasteiger charge is -2.29. The number of amides is 1. The summed E-state index contributed by atoms with van der Waals surface area (Å²) in [6.07, 6.45) is 0.820. The molecule has 1 aliphatic heterocycles. The maximum absolute atomic E-state index is 13.9. The molecule has 3 rings (SSSR count). The molecule has 1 heterocycles. The zero-order chi connectivity index (χ0) is 20.5. The normalized spacial score (nSPS) is 22.3. The van der Waals surface area contributed by atoms with Gasteiger partial charge in [0.05, 0.1) is 5.92 Å². The van der Waals surface area contributed by atoms with Crippen LogP contribution in [0.5, 0.6) is 0 Å². The number of anilines is 1. The van der Waals surface area contributed by atoms with Crippen LogP contribution in [0.2, 0.25) is 10.0 Å². The van der Waals surface area contributed by atoms with Crippen molar-refractivity contribution in [2.75, 3.05) is 11.9 Å². The van der Waals surface area contributed by atoms with Crippen LogP contribution in [-0.2, 0) is 4.79 Å². The van der Waals surface area contributed by atoms with E-state index in [0.29, 0.717) is 22.3 Å². The van der Waals surface area contributed by atoms with Crippen LogP contribution in [0.15, 0.2) is 42.5 Å². The van der Waals surface area contributed by atoms with E-state index in [2.05, 4.69) is 31.4 Å². The molecule has 3 unspecified atom stereocenters. The van der Waals surface area contributed by atoms with Crippen LogP contribution in [0, 0.1) is 17.2 Å². The molecule has 1 aliphatic rings. The van der Waals surface area contributed by atoms with Crippen molar-refractivity contribution in [2.24, 2.45) is 11.3 Å². The van der Waals surface area contributed by atoms with E-state index in [-0.39, 0.29) is 29.2 Å². The highest BCUT2D eigenvalue weighted by atomic mass is 35.5. The molecule has 0 aliphatic carbocycles. The number of hydrogen-bond donors (Lipinski definition) is 2. The Balaban J connectivity index is 1.91. The number of carbonyl (C=O) groups is 1. The fraction of sp³-hybridized carbons (Fsp3) is 0.409. The highest BCUT2D eigenvalue weighted by Gasteiger charge is 2.43. The molecule has 3 nitrogen and oxygen atoms in total. The minimum atomic E-state index is -0.393. The minimum absolute atomic E-state index is 0.0220. The highest BCUT2D eigenvalue weighted by Crippen LogP contribution is 2.38. The van der Waals surface area contributed by atoms with Gasteiger partial charge in [-0.15, -0.1) is 0 Å². The van der Waals surface area contributed by atoms with Crippen molar-refractivity contribution >= 4 is 34.8 Å². The Bertz CT molecular complexity index is 846. The summed E-state index contributed by atoms with van der Waals surface area (Å²) < 4.78 is 13.9. The van der Waals surface area contributed by atoms with Crippen molar-refractivity contribution in [3.63, 3.8) is 0 Å². The molecule has 0 aromatic heterocycles. The second kappa shape index (κ2) is 8.40. The third-order valence-electron chi connectivity index (χ3n) is 5.01. The Morgan fingerprint density at radius 2 is 1.93 bits per heavy atom. The van der Waals surface area contributed by atoms with Gasteiger partial charge in [-0.2, -0.15) is 0 Å². The molecular weight excluding hydrogens is 398 g/mol. The topological polar surface area (TPSA) is 41.1 Å². The van der Waals surface area contributed by atoms with Crippen LogP contribution in [0.1, 0.15) is 38.7 Å². The number of hydrogen-bond acceptors (Lipinski definition) is 2. The van der Waals surface area contributed by atoms with Gasteiger partial charge in [0, 0.05) is 34.2 Å². The van der Waals surface area contributed by atoms with Gasteiger partial charge in [0.1, 0.15) is 5.82 Å². The Morgan fingerprint density at radius 1 is 1.18 bits per heavy atom. The van der Waals surface area contributed by atoms with Gasteiger partial charge in [-0.1, -0.05) is 50.0 Å². The van der Waals surface area contributed by atoms with Gasteiger partial charge in [-0.05, 0) is 53.8 Å². The van der Waals surface area contributed by atoms with Crippen LogP contribution in [0.3, 0.4) is 0 Å². The summed E-state index contributed by atoms with van der Waals surface area (Å²) in [6, 6.07) is 11.5. The Kier molecular flexibility index (Phi) is 6.33. The summed E-state index contributed by atoms with van der Waals surface area (Å²) in [5.41, 5.74) is 1.43. The van der Waals surface area contributed by atoms with E-state index >= 15 is 0 Å².